The maximum Gasteiger partial charge on any atom is 0.269 e. The SMILES string of the molecule is C=C[C@H]([C@H](O)CC/C(=C/c1ccc(O)c(F)c1)c1ccccc1)[C@H](O)c1ccc([N+](=O)[O-])cc1. The first kappa shape index (κ1) is 24.8. The molecular weight excluding hydrogens is 437 g/mol. The van der Waals surface area contributed by atoms with E-state index in [4.69, 9.17) is 0 Å². The molecule has 0 aliphatic heterocycles. The summed E-state index contributed by atoms with van der Waals surface area (Å²) < 4.78 is 13.8. The number of nitrogens with zero attached hydrogens (tertiary/aromatic N) is 1. The summed E-state index contributed by atoms with van der Waals surface area (Å²) in [5, 5.41) is 42.0. The van der Waals surface area contributed by atoms with Crippen LogP contribution in [0.25, 0.3) is 11.6 Å². The maximum atomic E-state index is 13.8. The van der Waals surface area contributed by atoms with E-state index in [2.05, 4.69) is 6.58 Å². The van der Waals surface area contributed by atoms with Crippen molar-refractivity contribution >= 4 is 17.3 Å². The fourth-order valence-electron chi connectivity index (χ4n) is 3.77. The summed E-state index contributed by atoms with van der Waals surface area (Å²) in [4.78, 5) is 10.3. The Balaban J connectivity index is 1.79. The number of hydrogen-bond acceptors (Lipinski definition) is 5. The average molecular weight is 464 g/mol. The monoisotopic (exact) mass is 463 g/mol. The number of benzene rings is 3. The molecule has 6 nitrogen and oxygen atoms in total. The van der Waals surface area contributed by atoms with Gasteiger partial charge in [0.25, 0.3) is 5.69 Å². The normalized spacial score (nSPS) is 14.3. The molecule has 0 saturated carbocycles. The van der Waals surface area contributed by atoms with Gasteiger partial charge in [-0.15, -0.1) is 6.58 Å². The van der Waals surface area contributed by atoms with E-state index in [-0.39, 0.29) is 12.1 Å². The van der Waals surface area contributed by atoms with Crippen LogP contribution in [0.2, 0.25) is 0 Å². The van der Waals surface area contributed by atoms with Crippen molar-refractivity contribution in [3.05, 3.63) is 118 Å². The van der Waals surface area contributed by atoms with Crippen molar-refractivity contribution in [2.24, 2.45) is 5.92 Å². The average Bonchev–Trinajstić information content (AvgIpc) is 2.84. The minimum atomic E-state index is -1.09. The Kier molecular flexibility index (Phi) is 8.29. The lowest BCUT2D eigenvalue weighted by Gasteiger charge is -2.25. The third-order valence-electron chi connectivity index (χ3n) is 5.69. The highest BCUT2D eigenvalue weighted by atomic mass is 19.1. The summed E-state index contributed by atoms with van der Waals surface area (Å²) in [6.45, 7) is 3.74. The lowest BCUT2D eigenvalue weighted by molar-refractivity contribution is -0.384. The molecule has 34 heavy (non-hydrogen) atoms. The summed E-state index contributed by atoms with van der Waals surface area (Å²) in [7, 11) is 0. The second-order valence-electron chi connectivity index (χ2n) is 7.96. The molecule has 3 aromatic rings. The number of aliphatic hydroxyl groups excluding tert-OH is 2. The van der Waals surface area contributed by atoms with Gasteiger partial charge in [-0.3, -0.25) is 10.1 Å². The van der Waals surface area contributed by atoms with E-state index < -0.39 is 34.6 Å². The van der Waals surface area contributed by atoms with Gasteiger partial charge >= 0.3 is 0 Å². The van der Waals surface area contributed by atoms with Crippen LogP contribution >= 0.6 is 0 Å². The van der Waals surface area contributed by atoms with Crippen molar-refractivity contribution in [1.82, 2.24) is 0 Å². The van der Waals surface area contributed by atoms with Crippen molar-refractivity contribution in [2.45, 2.75) is 25.0 Å². The molecule has 0 heterocycles. The Hall–Kier alpha value is -3.81. The van der Waals surface area contributed by atoms with E-state index in [0.717, 1.165) is 11.1 Å². The Morgan fingerprint density at radius 3 is 2.32 bits per heavy atom. The van der Waals surface area contributed by atoms with Gasteiger partial charge in [0.15, 0.2) is 11.6 Å². The van der Waals surface area contributed by atoms with Crippen LogP contribution in [-0.4, -0.2) is 26.3 Å². The largest absolute Gasteiger partial charge is 0.505 e. The van der Waals surface area contributed by atoms with E-state index in [1.165, 1.54) is 42.5 Å². The minimum absolute atomic E-state index is 0.0880. The molecule has 0 spiro atoms. The van der Waals surface area contributed by atoms with E-state index >= 15 is 0 Å². The van der Waals surface area contributed by atoms with E-state index in [0.29, 0.717) is 17.5 Å². The zero-order valence-corrected chi connectivity index (χ0v) is 18.4. The predicted molar refractivity (Wildman–Crippen MR) is 129 cm³/mol. The van der Waals surface area contributed by atoms with Gasteiger partial charge in [-0.25, -0.2) is 4.39 Å². The first-order valence-corrected chi connectivity index (χ1v) is 10.8. The number of allylic oxidation sites excluding steroid dienone is 1. The van der Waals surface area contributed by atoms with Crippen molar-refractivity contribution in [1.29, 1.82) is 0 Å². The molecule has 3 N–H and O–H groups in total. The second kappa shape index (κ2) is 11.4. The number of hydrogen-bond donors (Lipinski definition) is 3. The van der Waals surface area contributed by atoms with Crippen LogP contribution in [0.4, 0.5) is 10.1 Å². The van der Waals surface area contributed by atoms with Crippen molar-refractivity contribution in [3.8, 4) is 5.75 Å². The molecule has 0 bridgehead atoms. The van der Waals surface area contributed by atoms with Gasteiger partial charge in [0.05, 0.1) is 17.1 Å². The molecule has 0 saturated heterocycles. The number of rotatable bonds is 10. The summed E-state index contributed by atoms with van der Waals surface area (Å²) in [5.41, 5.74) is 2.66. The molecule has 3 rings (SSSR count). The molecule has 7 heteroatoms. The molecule has 0 radical (unpaired) electrons. The smallest absolute Gasteiger partial charge is 0.269 e. The number of non-ortho nitro benzene ring substituents is 1. The van der Waals surface area contributed by atoms with Crippen LogP contribution in [0.1, 0.15) is 35.6 Å². The second-order valence-corrected chi connectivity index (χ2v) is 7.96. The highest BCUT2D eigenvalue weighted by molar-refractivity contribution is 5.81. The van der Waals surface area contributed by atoms with Gasteiger partial charge in [0.1, 0.15) is 0 Å². The molecule has 0 amide bonds. The summed E-state index contributed by atoms with van der Waals surface area (Å²) in [5.74, 6) is -1.85. The van der Waals surface area contributed by atoms with Crippen LogP contribution in [0.5, 0.6) is 5.75 Å². The fourth-order valence-corrected chi connectivity index (χ4v) is 3.77. The molecule has 0 fully saturated rings. The number of aromatic hydroxyl groups is 1. The zero-order chi connectivity index (χ0) is 24.7. The van der Waals surface area contributed by atoms with Gasteiger partial charge < -0.3 is 15.3 Å². The van der Waals surface area contributed by atoms with Crippen LogP contribution in [0.15, 0.2) is 85.5 Å². The molecule has 3 aromatic carbocycles. The van der Waals surface area contributed by atoms with Crippen LogP contribution in [0, 0.1) is 21.8 Å². The summed E-state index contributed by atoms with van der Waals surface area (Å²) in [6, 6.07) is 19.1. The van der Waals surface area contributed by atoms with Gasteiger partial charge in [0, 0.05) is 18.1 Å². The standard InChI is InChI=1S/C27H26FNO5/c1-2-23(27(32)20-9-12-22(13-10-20)29(33)34)25(30)15-11-21(19-6-4-3-5-7-19)16-18-8-14-26(31)24(28)17-18/h2-10,12-14,16-17,23,25,27,30-32H,1,11,15H2/b21-16-/t23-,25-,27-/m1/s1. The first-order chi connectivity index (χ1) is 16.3. The first-order valence-electron chi connectivity index (χ1n) is 10.8. The Morgan fingerprint density at radius 2 is 1.74 bits per heavy atom. The van der Waals surface area contributed by atoms with Crippen LogP contribution in [-0.2, 0) is 0 Å². The van der Waals surface area contributed by atoms with Gasteiger partial charge in [-0.2, -0.15) is 0 Å². The fraction of sp³-hybridized carbons (Fsp3) is 0.185. The summed E-state index contributed by atoms with van der Waals surface area (Å²) >= 11 is 0. The molecule has 176 valence electrons. The zero-order valence-electron chi connectivity index (χ0n) is 18.4. The van der Waals surface area contributed by atoms with Crippen LogP contribution < -0.4 is 0 Å². The third kappa shape index (κ3) is 6.15. The number of nitro benzene ring substituents is 1. The number of nitro groups is 1. The number of phenols is 1. The van der Waals surface area contributed by atoms with E-state index in [9.17, 15) is 29.8 Å². The van der Waals surface area contributed by atoms with Gasteiger partial charge in [-0.1, -0.05) is 48.6 Å². The molecular formula is C27H26FNO5. The quantitative estimate of drug-likeness (QED) is 0.156. The highest BCUT2D eigenvalue weighted by Crippen LogP contribution is 2.32. The number of phenolic OH excluding ortho intramolecular Hbond substituents is 1. The molecule has 0 aliphatic rings. The van der Waals surface area contributed by atoms with Crippen molar-refractivity contribution in [2.75, 3.05) is 0 Å². The topological polar surface area (TPSA) is 104 Å². The molecule has 0 aliphatic carbocycles. The maximum absolute atomic E-state index is 13.8. The Labute approximate surface area is 197 Å². The summed E-state index contributed by atoms with van der Waals surface area (Å²) in [6.07, 6.45) is 1.92. The van der Waals surface area contributed by atoms with Crippen molar-refractivity contribution in [3.63, 3.8) is 0 Å². The molecule has 3 atom stereocenters. The highest BCUT2D eigenvalue weighted by Gasteiger charge is 2.26. The third-order valence-corrected chi connectivity index (χ3v) is 5.69. The lowest BCUT2D eigenvalue weighted by atomic mass is 9.87. The predicted octanol–water partition coefficient (Wildman–Crippen LogP) is 5.66. The van der Waals surface area contributed by atoms with Gasteiger partial charge in [0.2, 0.25) is 0 Å². The molecule has 0 aromatic heterocycles. The molecule has 0 unspecified atom stereocenters. The van der Waals surface area contributed by atoms with Gasteiger partial charge in [-0.05, 0) is 59.4 Å². The Morgan fingerprint density at radius 1 is 1.06 bits per heavy atom. The number of aliphatic hydroxyl groups is 2. The van der Waals surface area contributed by atoms with E-state index in [1.54, 1.807) is 12.1 Å². The van der Waals surface area contributed by atoms with E-state index in [1.807, 2.05) is 30.3 Å². The lowest BCUT2D eigenvalue weighted by Crippen LogP contribution is -2.25. The Bertz CT molecular complexity index is 1160. The van der Waals surface area contributed by atoms with Crippen LogP contribution in [0.3, 0.4) is 0 Å². The van der Waals surface area contributed by atoms with Crippen molar-refractivity contribution < 1.29 is 24.6 Å². The number of halogens is 1. The minimum Gasteiger partial charge on any atom is -0.505 e.